The molecule has 2 fully saturated rings. The molecule has 2 saturated carbocycles. The zero-order valence-corrected chi connectivity index (χ0v) is 12.8. The summed E-state index contributed by atoms with van der Waals surface area (Å²) in [6, 6.07) is 0.875. The average molecular weight is 252 g/mol. The van der Waals surface area contributed by atoms with Gasteiger partial charge < -0.3 is 5.32 Å². The maximum Gasteiger partial charge on any atom is 0.0136 e. The van der Waals surface area contributed by atoms with Gasteiger partial charge in [0.1, 0.15) is 0 Å². The molecule has 0 aromatic rings. The third-order valence-corrected chi connectivity index (χ3v) is 4.44. The van der Waals surface area contributed by atoms with Crippen molar-refractivity contribution in [1.29, 1.82) is 0 Å². The summed E-state index contributed by atoms with van der Waals surface area (Å²) in [5, 5.41) is 3.69. The van der Waals surface area contributed by atoms with Gasteiger partial charge in [0.25, 0.3) is 0 Å². The van der Waals surface area contributed by atoms with Crippen molar-refractivity contribution >= 4 is 0 Å². The Morgan fingerprint density at radius 2 is 1.83 bits per heavy atom. The number of nitrogens with one attached hydrogen (secondary N) is 1. The normalized spacial score (nSPS) is 28.5. The van der Waals surface area contributed by atoms with Crippen LogP contribution in [0.5, 0.6) is 0 Å². The van der Waals surface area contributed by atoms with Crippen LogP contribution in [0.2, 0.25) is 0 Å². The monoisotopic (exact) mass is 252 g/mol. The fourth-order valence-electron chi connectivity index (χ4n) is 3.02. The molecule has 2 unspecified atom stereocenters. The van der Waals surface area contributed by atoms with Crippen LogP contribution in [0, 0.1) is 11.8 Å². The molecule has 0 aromatic heterocycles. The summed E-state index contributed by atoms with van der Waals surface area (Å²) in [7, 11) is 0. The van der Waals surface area contributed by atoms with Gasteiger partial charge in [-0.2, -0.15) is 0 Å². The number of hydrogen-bond acceptors (Lipinski definition) is 2. The zero-order valence-electron chi connectivity index (χ0n) is 12.8. The highest BCUT2D eigenvalue weighted by molar-refractivity contribution is 4.93. The van der Waals surface area contributed by atoms with E-state index in [4.69, 9.17) is 0 Å². The first-order valence-electron chi connectivity index (χ1n) is 7.98. The smallest absolute Gasteiger partial charge is 0.0136 e. The highest BCUT2D eigenvalue weighted by Gasteiger charge is 2.37. The van der Waals surface area contributed by atoms with Crippen LogP contribution in [0.4, 0.5) is 0 Å². The number of nitrogens with zero attached hydrogens (tertiary/aromatic N) is 1. The molecule has 18 heavy (non-hydrogen) atoms. The SMILES string of the molecule is CCCN(CC1CC1)C1CCC1CNC(C)(C)C. The lowest BCUT2D eigenvalue weighted by molar-refractivity contribution is 0.0543. The van der Waals surface area contributed by atoms with E-state index in [1.54, 1.807) is 0 Å². The molecule has 2 aliphatic rings. The van der Waals surface area contributed by atoms with Gasteiger partial charge in [0.05, 0.1) is 0 Å². The second-order valence-corrected chi connectivity index (χ2v) is 7.47. The van der Waals surface area contributed by atoms with Crippen LogP contribution >= 0.6 is 0 Å². The Balaban J connectivity index is 1.78. The molecule has 2 rings (SSSR count). The van der Waals surface area contributed by atoms with Crippen LogP contribution in [0.1, 0.15) is 59.8 Å². The van der Waals surface area contributed by atoms with Crippen molar-refractivity contribution in [3.05, 3.63) is 0 Å². The molecule has 0 aliphatic heterocycles. The van der Waals surface area contributed by atoms with Crippen LogP contribution in [-0.2, 0) is 0 Å². The standard InChI is InChI=1S/C16H32N2/c1-5-10-18(12-13-6-7-13)15-9-8-14(15)11-17-16(2,3)4/h13-15,17H,5-12H2,1-4H3. The minimum Gasteiger partial charge on any atom is -0.312 e. The van der Waals surface area contributed by atoms with Crippen LogP contribution in [-0.4, -0.2) is 36.1 Å². The summed E-state index contributed by atoms with van der Waals surface area (Å²) in [5.74, 6) is 1.93. The molecule has 0 amide bonds. The maximum absolute atomic E-state index is 3.69. The number of rotatable bonds is 7. The summed E-state index contributed by atoms with van der Waals surface area (Å²) in [5.41, 5.74) is 0.270. The molecule has 0 heterocycles. The summed E-state index contributed by atoms with van der Waals surface area (Å²) in [6.45, 7) is 13.0. The predicted molar refractivity (Wildman–Crippen MR) is 78.9 cm³/mol. The molecule has 0 saturated heterocycles. The molecule has 0 radical (unpaired) electrons. The van der Waals surface area contributed by atoms with Gasteiger partial charge in [0.15, 0.2) is 0 Å². The van der Waals surface area contributed by atoms with Crippen molar-refractivity contribution in [3.63, 3.8) is 0 Å². The Labute approximate surface area is 114 Å². The fourth-order valence-corrected chi connectivity index (χ4v) is 3.02. The van der Waals surface area contributed by atoms with Gasteiger partial charge in [0, 0.05) is 18.1 Å². The van der Waals surface area contributed by atoms with Gasteiger partial charge in [-0.25, -0.2) is 0 Å². The highest BCUT2D eigenvalue weighted by atomic mass is 15.2. The van der Waals surface area contributed by atoms with E-state index < -0.39 is 0 Å². The van der Waals surface area contributed by atoms with E-state index in [9.17, 15) is 0 Å². The van der Waals surface area contributed by atoms with E-state index in [0.717, 1.165) is 17.9 Å². The van der Waals surface area contributed by atoms with Crippen molar-refractivity contribution in [2.45, 2.75) is 71.4 Å². The lowest BCUT2D eigenvalue weighted by atomic mass is 9.77. The van der Waals surface area contributed by atoms with Crippen molar-refractivity contribution in [3.8, 4) is 0 Å². The maximum atomic E-state index is 3.69. The summed E-state index contributed by atoms with van der Waals surface area (Å²) in [6.07, 6.45) is 7.14. The highest BCUT2D eigenvalue weighted by Crippen LogP contribution is 2.36. The van der Waals surface area contributed by atoms with Gasteiger partial charge in [-0.3, -0.25) is 4.90 Å². The second kappa shape index (κ2) is 5.92. The molecule has 2 aliphatic carbocycles. The molecule has 2 atom stereocenters. The Morgan fingerprint density at radius 3 is 2.28 bits per heavy atom. The van der Waals surface area contributed by atoms with Gasteiger partial charge in [0.2, 0.25) is 0 Å². The van der Waals surface area contributed by atoms with Crippen LogP contribution in [0.25, 0.3) is 0 Å². The third-order valence-electron chi connectivity index (χ3n) is 4.44. The van der Waals surface area contributed by atoms with E-state index in [1.165, 1.54) is 51.7 Å². The Morgan fingerprint density at radius 1 is 1.11 bits per heavy atom. The molecular formula is C16H32N2. The Hall–Kier alpha value is -0.0800. The molecule has 0 aromatic carbocycles. The first-order valence-corrected chi connectivity index (χ1v) is 7.98. The Kier molecular flexibility index (Phi) is 4.71. The lowest BCUT2D eigenvalue weighted by Gasteiger charge is -2.45. The largest absolute Gasteiger partial charge is 0.312 e. The van der Waals surface area contributed by atoms with Crippen LogP contribution < -0.4 is 5.32 Å². The molecule has 2 nitrogen and oxygen atoms in total. The van der Waals surface area contributed by atoms with Crippen LogP contribution in [0.3, 0.4) is 0 Å². The second-order valence-electron chi connectivity index (χ2n) is 7.47. The number of hydrogen-bond donors (Lipinski definition) is 1. The molecular weight excluding hydrogens is 220 g/mol. The van der Waals surface area contributed by atoms with Crippen molar-refractivity contribution in [2.75, 3.05) is 19.6 Å². The van der Waals surface area contributed by atoms with E-state index in [1.807, 2.05) is 0 Å². The van der Waals surface area contributed by atoms with E-state index in [-0.39, 0.29) is 5.54 Å². The zero-order chi connectivity index (χ0) is 13.2. The quantitative estimate of drug-likeness (QED) is 0.748. The van der Waals surface area contributed by atoms with Gasteiger partial charge in [-0.1, -0.05) is 6.92 Å². The van der Waals surface area contributed by atoms with Gasteiger partial charge >= 0.3 is 0 Å². The van der Waals surface area contributed by atoms with Crippen molar-refractivity contribution in [1.82, 2.24) is 10.2 Å². The molecule has 106 valence electrons. The summed E-state index contributed by atoms with van der Waals surface area (Å²) < 4.78 is 0. The third kappa shape index (κ3) is 4.24. The molecule has 0 bridgehead atoms. The molecule has 2 heteroatoms. The predicted octanol–water partition coefficient (Wildman–Crippen LogP) is 3.28. The minimum atomic E-state index is 0.270. The van der Waals surface area contributed by atoms with Crippen molar-refractivity contribution in [2.24, 2.45) is 11.8 Å². The van der Waals surface area contributed by atoms with Gasteiger partial charge in [-0.15, -0.1) is 0 Å². The Bertz CT molecular complexity index is 252. The van der Waals surface area contributed by atoms with E-state index in [2.05, 4.69) is 37.9 Å². The summed E-state index contributed by atoms with van der Waals surface area (Å²) in [4.78, 5) is 2.80. The van der Waals surface area contributed by atoms with E-state index >= 15 is 0 Å². The first kappa shape index (κ1) is 14.3. The minimum absolute atomic E-state index is 0.270. The molecule has 1 N–H and O–H groups in total. The van der Waals surface area contributed by atoms with Gasteiger partial charge in [-0.05, 0) is 77.8 Å². The molecule has 0 spiro atoms. The van der Waals surface area contributed by atoms with Crippen molar-refractivity contribution < 1.29 is 0 Å². The van der Waals surface area contributed by atoms with Crippen LogP contribution in [0.15, 0.2) is 0 Å². The van der Waals surface area contributed by atoms with E-state index in [0.29, 0.717) is 0 Å². The summed E-state index contributed by atoms with van der Waals surface area (Å²) >= 11 is 0. The first-order chi connectivity index (χ1) is 8.49. The lowest BCUT2D eigenvalue weighted by Crippen LogP contribution is -2.53. The topological polar surface area (TPSA) is 15.3 Å². The average Bonchev–Trinajstić information content (AvgIpc) is 2.98. The fraction of sp³-hybridized carbons (Fsp3) is 1.00.